The minimum atomic E-state index is 0.209. The molecule has 11 heavy (non-hydrogen) atoms. The Kier molecular flexibility index (Phi) is 3.37. The van der Waals surface area contributed by atoms with Gasteiger partial charge in [-0.05, 0) is 32.1 Å². The van der Waals surface area contributed by atoms with Crippen LogP contribution in [0.2, 0.25) is 0 Å². The SMILES string of the molecule is C/C(=C\C1CC=CCC1)CO. The van der Waals surface area contributed by atoms with Gasteiger partial charge in [-0.15, -0.1) is 0 Å². The first-order chi connectivity index (χ1) is 5.33. The van der Waals surface area contributed by atoms with Gasteiger partial charge in [0.25, 0.3) is 0 Å². The molecule has 0 bridgehead atoms. The van der Waals surface area contributed by atoms with Gasteiger partial charge in [-0.25, -0.2) is 0 Å². The van der Waals surface area contributed by atoms with E-state index < -0.39 is 0 Å². The van der Waals surface area contributed by atoms with E-state index in [2.05, 4.69) is 18.2 Å². The van der Waals surface area contributed by atoms with Crippen molar-refractivity contribution in [2.24, 2.45) is 5.92 Å². The van der Waals surface area contributed by atoms with Crippen molar-refractivity contribution in [3.63, 3.8) is 0 Å². The average molecular weight is 152 g/mol. The highest BCUT2D eigenvalue weighted by Gasteiger charge is 2.05. The lowest BCUT2D eigenvalue weighted by atomic mass is 9.93. The zero-order valence-electron chi connectivity index (χ0n) is 7.09. The third-order valence-corrected chi connectivity index (χ3v) is 2.08. The van der Waals surface area contributed by atoms with Crippen molar-refractivity contribution >= 4 is 0 Å². The zero-order chi connectivity index (χ0) is 8.10. The molecule has 1 heteroatoms. The Morgan fingerprint density at radius 3 is 3.00 bits per heavy atom. The fraction of sp³-hybridized carbons (Fsp3) is 0.600. The average Bonchev–Trinajstić information content (AvgIpc) is 2.06. The predicted molar refractivity (Wildman–Crippen MR) is 47.3 cm³/mol. The van der Waals surface area contributed by atoms with Gasteiger partial charge in [0, 0.05) is 0 Å². The molecule has 0 spiro atoms. The molecule has 1 nitrogen and oxygen atoms in total. The monoisotopic (exact) mass is 152 g/mol. The molecule has 1 aliphatic carbocycles. The van der Waals surface area contributed by atoms with Crippen molar-refractivity contribution in [1.82, 2.24) is 0 Å². The summed E-state index contributed by atoms with van der Waals surface area (Å²) in [5, 5.41) is 8.78. The minimum absolute atomic E-state index is 0.209. The van der Waals surface area contributed by atoms with Crippen molar-refractivity contribution in [1.29, 1.82) is 0 Å². The summed E-state index contributed by atoms with van der Waals surface area (Å²) in [7, 11) is 0. The number of hydrogen-bond acceptors (Lipinski definition) is 1. The fourth-order valence-corrected chi connectivity index (χ4v) is 1.42. The van der Waals surface area contributed by atoms with E-state index in [1.807, 2.05) is 6.92 Å². The number of aliphatic hydroxyl groups excluding tert-OH is 1. The lowest BCUT2D eigenvalue weighted by Crippen LogP contribution is -2.00. The second-order valence-electron chi connectivity index (χ2n) is 3.22. The van der Waals surface area contributed by atoms with Crippen LogP contribution in [0.1, 0.15) is 26.2 Å². The summed E-state index contributed by atoms with van der Waals surface area (Å²) in [5.74, 6) is 0.673. The summed E-state index contributed by atoms with van der Waals surface area (Å²) in [6.45, 7) is 2.19. The van der Waals surface area contributed by atoms with Crippen molar-refractivity contribution in [2.45, 2.75) is 26.2 Å². The molecule has 1 aliphatic rings. The van der Waals surface area contributed by atoms with Crippen LogP contribution in [0.5, 0.6) is 0 Å². The normalized spacial score (nSPS) is 25.6. The molecule has 0 aromatic carbocycles. The first-order valence-electron chi connectivity index (χ1n) is 4.26. The van der Waals surface area contributed by atoms with Crippen molar-refractivity contribution < 1.29 is 5.11 Å². The van der Waals surface area contributed by atoms with E-state index in [0.717, 1.165) is 12.0 Å². The second kappa shape index (κ2) is 4.35. The van der Waals surface area contributed by atoms with E-state index in [4.69, 9.17) is 5.11 Å². The third kappa shape index (κ3) is 2.89. The van der Waals surface area contributed by atoms with Crippen LogP contribution in [0.3, 0.4) is 0 Å². The van der Waals surface area contributed by atoms with Gasteiger partial charge < -0.3 is 5.11 Å². The third-order valence-electron chi connectivity index (χ3n) is 2.08. The van der Waals surface area contributed by atoms with Gasteiger partial charge in [0.15, 0.2) is 0 Å². The van der Waals surface area contributed by atoms with E-state index in [-0.39, 0.29) is 6.61 Å². The molecule has 0 heterocycles. The van der Waals surface area contributed by atoms with Crippen LogP contribution >= 0.6 is 0 Å². The fourth-order valence-electron chi connectivity index (χ4n) is 1.42. The molecule has 0 saturated carbocycles. The Morgan fingerprint density at radius 1 is 1.64 bits per heavy atom. The summed E-state index contributed by atoms with van der Waals surface area (Å²) < 4.78 is 0. The summed E-state index contributed by atoms with van der Waals surface area (Å²) in [5.41, 5.74) is 1.10. The molecule has 0 aliphatic heterocycles. The lowest BCUT2D eigenvalue weighted by molar-refractivity contribution is 0.329. The van der Waals surface area contributed by atoms with Gasteiger partial charge in [-0.2, -0.15) is 0 Å². The summed E-state index contributed by atoms with van der Waals surface area (Å²) >= 11 is 0. The molecule has 1 rings (SSSR count). The summed E-state index contributed by atoms with van der Waals surface area (Å²) in [6.07, 6.45) is 10.3. The van der Waals surface area contributed by atoms with E-state index in [1.165, 1.54) is 12.8 Å². The first-order valence-corrected chi connectivity index (χ1v) is 4.26. The smallest absolute Gasteiger partial charge is 0.0639 e. The Morgan fingerprint density at radius 2 is 2.45 bits per heavy atom. The topological polar surface area (TPSA) is 20.2 Å². The maximum atomic E-state index is 8.78. The van der Waals surface area contributed by atoms with Gasteiger partial charge in [0.2, 0.25) is 0 Å². The van der Waals surface area contributed by atoms with Crippen LogP contribution in [0.4, 0.5) is 0 Å². The molecular formula is C10H16O. The molecule has 62 valence electrons. The van der Waals surface area contributed by atoms with Gasteiger partial charge in [0.05, 0.1) is 6.61 Å². The van der Waals surface area contributed by atoms with Crippen LogP contribution in [0.15, 0.2) is 23.8 Å². The van der Waals surface area contributed by atoms with Gasteiger partial charge in [-0.3, -0.25) is 0 Å². The number of allylic oxidation sites excluding steroid dienone is 3. The van der Waals surface area contributed by atoms with E-state index in [0.29, 0.717) is 5.92 Å². The van der Waals surface area contributed by atoms with Crippen LogP contribution in [0, 0.1) is 5.92 Å². The Hall–Kier alpha value is -0.560. The number of hydrogen-bond donors (Lipinski definition) is 1. The van der Waals surface area contributed by atoms with Crippen molar-refractivity contribution in [2.75, 3.05) is 6.61 Å². The molecule has 1 N–H and O–H groups in total. The van der Waals surface area contributed by atoms with Crippen LogP contribution in [0.25, 0.3) is 0 Å². The Labute approximate surface area is 68.4 Å². The molecule has 0 saturated heterocycles. The summed E-state index contributed by atoms with van der Waals surface area (Å²) in [4.78, 5) is 0. The molecule has 0 aromatic heterocycles. The van der Waals surface area contributed by atoms with E-state index in [9.17, 15) is 0 Å². The van der Waals surface area contributed by atoms with Crippen LogP contribution in [-0.2, 0) is 0 Å². The number of aliphatic hydroxyl groups is 1. The molecular weight excluding hydrogens is 136 g/mol. The van der Waals surface area contributed by atoms with Crippen LogP contribution < -0.4 is 0 Å². The first kappa shape index (κ1) is 8.54. The molecule has 1 unspecified atom stereocenters. The lowest BCUT2D eigenvalue weighted by Gasteiger charge is -2.13. The highest BCUT2D eigenvalue weighted by Crippen LogP contribution is 2.20. The molecule has 0 amide bonds. The molecule has 0 radical (unpaired) electrons. The van der Waals surface area contributed by atoms with Crippen molar-refractivity contribution in [3.05, 3.63) is 23.8 Å². The molecule has 0 aromatic rings. The highest BCUT2D eigenvalue weighted by molar-refractivity contribution is 5.05. The van der Waals surface area contributed by atoms with Crippen molar-refractivity contribution in [3.8, 4) is 0 Å². The Balaban J connectivity index is 2.42. The predicted octanol–water partition coefficient (Wildman–Crippen LogP) is 2.28. The van der Waals surface area contributed by atoms with Gasteiger partial charge in [-0.1, -0.05) is 23.8 Å². The maximum Gasteiger partial charge on any atom is 0.0639 e. The quantitative estimate of drug-likeness (QED) is 0.602. The van der Waals surface area contributed by atoms with E-state index in [1.54, 1.807) is 0 Å². The highest BCUT2D eigenvalue weighted by atomic mass is 16.3. The number of rotatable bonds is 2. The summed E-state index contributed by atoms with van der Waals surface area (Å²) in [6, 6.07) is 0. The molecule has 1 atom stereocenters. The molecule has 0 fully saturated rings. The van der Waals surface area contributed by atoms with Crippen LogP contribution in [-0.4, -0.2) is 11.7 Å². The standard InChI is InChI=1S/C10H16O/c1-9(8-11)7-10-5-3-2-4-6-10/h2-3,7,10-11H,4-6,8H2,1H3/b9-7+. The van der Waals surface area contributed by atoms with Gasteiger partial charge in [0.1, 0.15) is 0 Å². The minimum Gasteiger partial charge on any atom is -0.392 e. The van der Waals surface area contributed by atoms with E-state index >= 15 is 0 Å². The Bertz CT molecular complexity index is 168. The second-order valence-corrected chi connectivity index (χ2v) is 3.22. The zero-order valence-corrected chi connectivity index (χ0v) is 7.09. The largest absolute Gasteiger partial charge is 0.392 e. The maximum absolute atomic E-state index is 8.78. The van der Waals surface area contributed by atoms with Gasteiger partial charge >= 0.3 is 0 Å².